The molecule has 4 rings (SSSR count). The van der Waals surface area contributed by atoms with Crippen molar-refractivity contribution < 1.29 is 0 Å². The van der Waals surface area contributed by atoms with Crippen molar-refractivity contribution in [2.45, 2.75) is 75.7 Å². The summed E-state index contributed by atoms with van der Waals surface area (Å²) < 4.78 is 0. The Bertz CT molecular complexity index is 1120. The molecule has 4 aromatic rings. The van der Waals surface area contributed by atoms with E-state index in [1.807, 2.05) is 110 Å². The van der Waals surface area contributed by atoms with Crippen LogP contribution in [0.5, 0.6) is 0 Å². The first kappa shape index (κ1) is 41.6. The molecule has 0 unspecified atom stereocenters. The van der Waals surface area contributed by atoms with Crippen LogP contribution in [0.4, 0.5) is 0 Å². The van der Waals surface area contributed by atoms with Crippen molar-refractivity contribution in [2.24, 2.45) is 0 Å². The second-order valence-corrected chi connectivity index (χ2v) is 7.45. The number of allylic oxidation sites excluding steroid dienone is 4. The molecule has 0 atom stereocenters. The zero-order valence-electron chi connectivity index (χ0n) is 27.8. The molecule has 0 amide bonds. The summed E-state index contributed by atoms with van der Waals surface area (Å²) in [4.78, 5) is 0. The van der Waals surface area contributed by atoms with Crippen molar-refractivity contribution in [3.8, 4) is 0 Å². The van der Waals surface area contributed by atoms with Crippen LogP contribution in [0.15, 0.2) is 134 Å². The van der Waals surface area contributed by atoms with Crippen LogP contribution in [0.25, 0.3) is 29.0 Å². The number of benzene rings is 4. The molecular weight excluding hydrogens is 492 g/mol. The molecule has 0 nitrogen and oxygen atoms in total. The Balaban J connectivity index is -0.000000705. The average Bonchev–Trinajstić information content (AvgIpc) is 3.08. The molecular formula is C41H58. The third kappa shape index (κ3) is 22.6. The molecule has 222 valence electrons. The van der Waals surface area contributed by atoms with Gasteiger partial charge in [0.25, 0.3) is 0 Å². The van der Waals surface area contributed by atoms with Gasteiger partial charge in [-0.2, -0.15) is 0 Å². The summed E-state index contributed by atoms with van der Waals surface area (Å²) in [7, 11) is 0. The van der Waals surface area contributed by atoms with E-state index in [4.69, 9.17) is 0 Å². The van der Waals surface area contributed by atoms with Gasteiger partial charge in [-0.3, -0.25) is 0 Å². The fourth-order valence-electron chi connectivity index (χ4n) is 2.92. The minimum Gasteiger partial charge on any atom is -0.0991 e. The topological polar surface area (TPSA) is 0 Å². The van der Waals surface area contributed by atoms with Crippen LogP contribution in [-0.4, -0.2) is 0 Å². The number of fused-ring (bicyclic) bond motifs is 1. The quantitative estimate of drug-likeness (QED) is 0.171. The minimum atomic E-state index is 1.19. The molecule has 0 spiro atoms. The third-order valence-corrected chi connectivity index (χ3v) is 4.49. The largest absolute Gasteiger partial charge is 0.0991 e. The fourth-order valence-corrected chi connectivity index (χ4v) is 2.92. The molecule has 0 aliphatic heterocycles. The van der Waals surface area contributed by atoms with Crippen LogP contribution in [0.2, 0.25) is 0 Å². The van der Waals surface area contributed by atoms with Crippen molar-refractivity contribution in [3.05, 3.63) is 151 Å². The number of hydrogen-bond acceptors (Lipinski definition) is 0. The van der Waals surface area contributed by atoms with Crippen molar-refractivity contribution >= 4 is 29.0 Å². The molecule has 0 fully saturated rings. The molecule has 0 heteroatoms. The molecule has 41 heavy (non-hydrogen) atoms. The van der Waals surface area contributed by atoms with E-state index in [0.29, 0.717) is 0 Å². The summed E-state index contributed by atoms with van der Waals surface area (Å²) in [6, 6.07) is 35.5. The van der Waals surface area contributed by atoms with E-state index >= 15 is 0 Å². The highest BCUT2D eigenvalue weighted by Gasteiger charge is 1.93. The Hall–Kier alpha value is -3.90. The molecule has 0 radical (unpaired) electrons. The average molecular weight is 551 g/mol. The van der Waals surface area contributed by atoms with E-state index in [1.54, 1.807) is 6.08 Å². The standard InChI is InChI=1S/C24H20.C6H6.C3H8.4C2H6/c1-2-3-4-5-8-20-11-13-21(14-12-20)15-16-22-17-18-23-9-6-7-10-24(23)19-22;1-2-4-6-5-3-1;1-3-2;4*1-2/h2-19H,1H2;1-6H;3H2,1-2H3;4*1-2H3/b4-3-,8-5-,16-15+;;;;;;. The smallest absolute Gasteiger partial charge is 0.0178 e. The van der Waals surface area contributed by atoms with Crippen molar-refractivity contribution in [3.63, 3.8) is 0 Å². The molecule has 0 aromatic heterocycles. The first-order chi connectivity index (χ1) is 20.3. The van der Waals surface area contributed by atoms with E-state index in [9.17, 15) is 0 Å². The van der Waals surface area contributed by atoms with Gasteiger partial charge in [-0.15, -0.1) is 0 Å². The van der Waals surface area contributed by atoms with Gasteiger partial charge in [-0.1, -0.05) is 222 Å². The summed E-state index contributed by atoms with van der Waals surface area (Å²) in [6.45, 7) is 23.9. The Morgan fingerprint density at radius 2 is 0.829 bits per heavy atom. The van der Waals surface area contributed by atoms with Gasteiger partial charge in [0.15, 0.2) is 0 Å². The van der Waals surface area contributed by atoms with E-state index in [1.165, 1.54) is 33.9 Å². The lowest BCUT2D eigenvalue weighted by atomic mass is 10.1. The first-order valence-corrected chi connectivity index (χ1v) is 15.5. The van der Waals surface area contributed by atoms with Gasteiger partial charge >= 0.3 is 0 Å². The van der Waals surface area contributed by atoms with Gasteiger partial charge < -0.3 is 0 Å². The molecule has 0 N–H and O–H groups in total. The lowest BCUT2D eigenvalue weighted by Crippen LogP contribution is -1.76. The summed E-state index contributed by atoms with van der Waals surface area (Å²) in [5, 5.41) is 2.55. The normalized spacial score (nSPS) is 9.12. The van der Waals surface area contributed by atoms with Crippen LogP contribution < -0.4 is 0 Å². The summed E-state index contributed by atoms with van der Waals surface area (Å²) in [5.41, 5.74) is 3.60. The molecule has 0 heterocycles. The van der Waals surface area contributed by atoms with E-state index in [0.717, 1.165) is 0 Å². The van der Waals surface area contributed by atoms with E-state index in [-0.39, 0.29) is 0 Å². The fraction of sp³-hybridized carbons (Fsp3) is 0.268. The number of hydrogen-bond donors (Lipinski definition) is 0. The van der Waals surface area contributed by atoms with Crippen LogP contribution in [0.1, 0.15) is 92.3 Å². The zero-order chi connectivity index (χ0) is 31.6. The maximum atomic E-state index is 3.65. The maximum Gasteiger partial charge on any atom is -0.0178 e. The Morgan fingerprint density at radius 1 is 0.439 bits per heavy atom. The Morgan fingerprint density at radius 3 is 1.29 bits per heavy atom. The van der Waals surface area contributed by atoms with Crippen LogP contribution in [0, 0.1) is 0 Å². The van der Waals surface area contributed by atoms with Crippen LogP contribution in [-0.2, 0) is 0 Å². The second-order valence-electron chi connectivity index (χ2n) is 7.45. The minimum absolute atomic E-state index is 1.19. The van der Waals surface area contributed by atoms with Crippen molar-refractivity contribution in [1.29, 1.82) is 0 Å². The molecule has 0 saturated carbocycles. The predicted molar refractivity (Wildman–Crippen MR) is 195 cm³/mol. The van der Waals surface area contributed by atoms with Gasteiger partial charge in [-0.05, 0) is 33.5 Å². The van der Waals surface area contributed by atoms with Gasteiger partial charge in [0.05, 0.1) is 0 Å². The van der Waals surface area contributed by atoms with Gasteiger partial charge in [0.2, 0.25) is 0 Å². The highest BCUT2D eigenvalue weighted by Crippen LogP contribution is 2.17. The van der Waals surface area contributed by atoms with E-state index < -0.39 is 0 Å². The Kier molecular flexibility index (Phi) is 34.6. The maximum absolute atomic E-state index is 3.65. The summed E-state index contributed by atoms with van der Waals surface area (Å²) in [6.07, 6.45) is 15.3. The SMILES string of the molecule is C=C/C=C\C=C/c1ccc(/C=C/c2ccc3ccccc3c2)cc1.CC.CC.CC.CC.CCC.c1ccccc1. The Labute approximate surface area is 254 Å². The monoisotopic (exact) mass is 550 g/mol. The summed E-state index contributed by atoms with van der Waals surface area (Å²) >= 11 is 0. The van der Waals surface area contributed by atoms with Crippen LogP contribution in [0.3, 0.4) is 0 Å². The highest BCUT2D eigenvalue weighted by atomic mass is 14.0. The predicted octanol–water partition coefficient (Wildman–Crippen LogP) is 14.0. The molecule has 0 saturated heterocycles. The molecule has 4 aromatic carbocycles. The molecule has 0 aliphatic rings. The van der Waals surface area contributed by atoms with Crippen molar-refractivity contribution in [1.82, 2.24) is 0 Å². The molecule has 0 bridgehead atoms. The van der Waals surface area contributed by atoms with Gasteiger partial charge in [0, 0.05) is 0 Å². The molecule has 0 aliphatic carbocycles. The van der Waals surface area contributed by atoms with Gasteiger partial charge in [0.1, 0.15) is 0 Å². The van der Waals surface area contributed by atoms with Crippen LogP contribution >= 0.6 is 0 Å². The third-order valence-electron chi connectivity index (χ3n) is 4.49. The first-order valence-electron chi connectivity index (χ1n) is 15.5. The van der Waals surface area contributed by atoms with E-state index in [2.05, 4.69) is 105 Å². The zero-order valence-corrected chi connectivity index (χ0v) is 27.8. The second kappa shape index (κ2) is 34.1. The highest BCUT2D eigenvalue weighted by molar-refractivity contribution is 5.86. The lowest BCUT2D eigenvalue weighted by Gasteiger charge is -2.00. The summed E-state index contributed by atoms with van der Waals surface area (Å²) in [5.74, 6) is 0. The van der Waals surface area contributed by atoms with Crippen molar-refractivity contribution in [2.75, 3.05) is 0 Å². The number of rotatable bonds is 5. The van der Waals surface area contributed by atoms with Gasteiger partial charge in [-0.25, -0.2) is 0 Å². The lowest BCUT2D eigenvalue weighted by molar-refractivity contribution is 1.09.